The molecule has 0 radical (unpaired) electrons. The molecule has 2 N–H and O–H groups in total. The number of nitriles is 1. The fourth-order valence-electron chi connectivity index (χ4n) is 1.99. The average molecular weight is 310 g/mol. The van der Waals surface area contributed by atoms with Gasteiger partial charge >= 0.3 is 0 Å². The smallest absolute Gasteiger partial charge is 0.251 e. The summed E-state index contributed by atoms with van der Waals surface area (Å²) in [6.07, 6.45) is -0.596. The van der Waals surface area contributed by atoms with Crippen molar-refractivity contribution in [1.29, 1.82) is 5.26 Å². The van der Waals surface area contributed by atoms with E-state index in [4.69, 9.17) is 10.00 Å². The van der Waals surface area contributed by atoms with Crippen LogP contribution in [0.15, 0.2) is 48.5 Å². The van der Waals surface area contributed by atoms with Crippen molar-refractivity contribution in [3.05, 3.63) is 65.2 Å². The Kier molecular flexibility index (Phi) is 5.73. The number of aliphatic hydroxyl groups excluding tert-OH is 1. The third kappa shape index (κ3) is 4.83. The van der Waals surface area contributed by atoms with Gasteiger partial charge in [0.05, 0.1) is 17.7 Å². The van der Waals surface area contributed by atoms with Crippen LogP contribution in [0.4, 0.5) is 0 Å². The molecule has 118 valence electrons. The number of aliphatic hydroxyl groups is 1. The van der Waals surface area contributed by atoms with E-state index in [0.29, 0.717) is 16.9 Å². The summed E-state index contributed by atoms with van der Waals surface area (Å²) in [6, 6.07) is 16.1. The van der Waals surface area contributed by atoms with Crippen LogP contribution in [0, 0.1) is 11.3 Å². The lowest BCUT2D eigenvalue weighted by Crippen LogP contribution is -2.30. The van der Waals surface area contributed by atoms with Gasteiger partial charge in [0, 0.05) is 17.7 Å². The minimum atomic E-state index is -0.596. The topological polar surface area (TPSA) is 82.3 Å². The van der Waals surface area contributed by atoms with Gasteiger partial charge in [0.2, 0.25) is 0 Å². The van der Waals surface area contributed by atoms with Crippen LogP contribution in [0.1, 0.15) is 28.4 Å². The number of nitrogens with zero attached hydrogens (tertiary/aromatic N) is 1. The molecule has 5 nitrogen and oxygen atoms in total. The summed E-state index contributed by atoms with van der Waals surface area (Å²) in [5, 5.41) is 20.9. The van der Waals surface area contributed by atoms with Gasteiger partial charge in [-0.2, -0.15) is 5.26 Å². The largest absolute Gasteiger partial charge is 0.489 e. The van der Waals surface area contributed by atoms with Gasteiger partial charge in [-0.25, -0.2) is 0 Å². The average Bonchev–Trinajstić information content (AvgIpc) is 2.58. The molecular weight excluding hydrogens is 292 g/mol. The fraction of sp³-hybridized carbons (Fsp3) is 0.222. The molecule has 0 aliphatic rings. The number of benzene rings is 2. The molecule has 23 heavy (non-hydrogen) atoms. The maximum absolute atomic E-state index is 12.0. The van der Waals surface area contributed by atoms with E-state index in [-0.39, 0.29) is 19.1 Å². The van der Waals surface area contributed by atoms with Crippen molar-refractivity contribution in [3.8, 4) is 11.8 Å². The first kappa shape index (κ1) is 16.5. The van der Waals surface area contributed by atoms with Gasteiger partial charge in [-0.15, -0.1) is 0 Å². The number of nitrogens with one attached hydrogen (secondary N) is 1. The molecule has 0 unspecified atom stereocenters. The zero-order valence-electron chi connectivity index (χ0n) is 12.8. The van der Waals surface area contributed by atoms with Crippen LogP contribution in [0.2, 0.25) is 0 Å². The van der Waals surface area contributed by atoms with Crippen molar-refractivity contribution in [2.24, 2.45) is 0 Å². The number of ether oxygens (including phenoxy) is 1. The van der Waals surface area contributed by atoms with Gasteiger partial charge in [0.1, 0.15) is 12.4 Å². The van der Waals surface area contributed by atoms with E-state index in [1.165, 1.54) is 0 Å². The maximum atomic E-state index is 12.0. The molecule has 2 aromatic carbocycles. The highest BCUT2D eigenvalue weighted by Gasteiger charge is 2.08. The van der Waals surface area contributed by atoms with Crippen LogP contribution in [-0.4, -0.2) is 23.7 Å². The molecule has 0 saturated heterocycles. The number of hydrogen-bond acceptors (Lipinski definition) is 4. The standard InChI is InChI=1S/C18H18N2O3/c1-13(21)11-20-18(22)14-7-4-8-17(9-14)23-12-16-6-3-2-5-15(16)10-19/h2-9,13,21H,11-12H2,1H3,(H,20,22)/t13-/m1/s1. The van der Waals surface area contributed by atoms with Crippen LogP contribution >= 0.6 is 0 Å². The Morgan fingerprint density at radius 2 is 2.09 bits per heavy atom. The summed E-state index contributed by atoms with van der Waals surface area (Å²) in [6.45, 7) is 2.05. The normalized spacial score (nSPS) is 11.3. The molecule has 0 aliphatic carbocycles. The number of amides is 1. The first-order valence-electron chi connectivity index (χ1n) is 7.27. The molecule has 0 heterocycles. The molecule has 0 aliphatic heterocycles. The summed E-state index contributed by atoms with van der Waals surface area (Å²) in [7, 11) is 0. The third-order valence-electron chi connectivity index (χ3n) is 3.19. The second-order valence-corrected chi connectivity index (χ2v) is 5.14. The highest BCUT2D eigenvalue weighted by atomic mass is 16.5. The predicted molar refractivity (Wildman–Crippen MR) is 85.9 cm³/mol. The number of rotatable bonds is 6. The van der Waals surface area contributed by atoms with E-state index in [1.807, 2.05) is 12.1 Å². The minimum absolute atomic E-state index is 0.194. The summed E-state index contributed by atoms with van der Waals surface area (Å²) < 4.78 is 5.67. The van der Waals surface area contributed by atoms with Crippen molar-refractivity contribution in [3.63, 3.8) is 0 Å². The lowest BCUT2D eigenvalue weighted by molar-refractivity contribution is 0.0923. The second-order valence-electron chi connectivity index (χ2n) is 5.14. The first-order valence-corrected chi connectivity index (χ1v) is 7.27. The summed E-state index contributed by atoms with van der Waals surface area (Å²) in [4.78, 5) is 12.0. The Morgan fingerprint density at radius 3 is 2.83 bits per heavy atom. The van der Waals surface area contributed by atoms with Crippen LogP contribution in [0.25, 0.3) is 0 Å². The van der Waals surface area contributed by atoms with E-state index in [9.17, 15) is 9.90 Å². The monoisotopic (exact) mass is 310 g/mol. The van der Waals surface area contributed by atoms with Crippen LogP contribution in [0.3, 0.4) is 0 Å². The van der Waals surface area contributed by atoms with E-state index in [2.05, 4.69) is 11.4 Å². The van der Waals surface area contributed by atoms with Gasteiger partial charge in [-0.1, -0.05) is 24.3 Å². The molecular formula is C18H18N2O3. The number of carbonyl (C=O) groups is 1. The molecule has 1 atom stereocenters. The van der Waals surface area contributed by atoms with E-state index in [1.54, 1.807) is 43.3 Å². The Balaban J connectivity index is 2.03. The van der Waals surface area contributed by atoms with Gasteiger partial charge in [-0.3, -0.25) is 4.79 Å². The molecule has 0 spiro atoms. The van der Waals surface area contributed by atoms with Crippen molar-refractivity contribution < 1.29 is 14.6 Å². The van der Waals surface area contributed by atoms with E-state index >= 15 is 0 Å². The molecule has 0 bridgehead atoms. The Labute approximate surface area is 135 Å². The summed E-state index contributed by atoms with van der Waals surface area (Å²) in [5.74, 6) is 0.274. The third-order valence-corrected chi connectivity index (χ3v) is 3.19. The molecule has 0 fully saturated rings. The van der Waals surface area contributed by atoms with Crippen LogP contribution in [0.5, 0.6) is 5.75 Å². The fourth-order valence-corrected chi connectivity index (χ4v) is 1.99. The van der Waals surface area contributed by atoms with E-state index < -0.39 is 6.10 Å². The molecule has 0 saturated carbocycles. The number of carbonyl (C=O) groups excluding carboxylic acids is 1. The van der Waals surface area contributed by atoms with Gasteiger partial charge in [0.25, 0.3) is 5.91 Å². The summed E-state index contributed by atoms with van der Waals surface area (Å²) >= 11 is 0. The molecule has 1 amide bonds. The van der Waals surface area contributed by atoms with Crippen molar-refractivity contribution in [2.75, 3.05) is 6.54 Å². The molecule has 5 heteroatoms. The predicted octanol–water partition coefficient (Wildman–Crippen LogP) is 2.25. The number of hydrogen-bond donors (Lipinski definition) is 2. The maximum Gasteiger partial charge on any atom is 0.251 e. The van der Waals surface area contributed by atoms with Crippen molar-refractivity contribution >= 4 is 5.91 Å². The van der Waals surface area contributed by atoms with Crippen LogP contribution < -0.4 is 10.1 Å². The minimum Gasteiger partial charge on any atom is -0.489 e. The summed E-state index contributed by atoms with van der Waals surface area (Å²) in [5.41, 5.74) is 1.81. The van der Waals surface area contributed by atoms with Crippen molar-refractivity contribution in [1.82, 2.24) is 5.32 Å². The van der Waals surface area contributed by atoms with E-state index in [0.717, 1.165) is 5.56 Å². The highest BCUT2D eigenvalue weighted by Crippen LogP contribution is 2.16. The van der Waals surface area contributed by atoms with Gasteiger partial charge in [0.15, 0.2) is 0 Å². The second kappa shape index (κ2) is 7.97. The zero-order chi connectivity index (χ0) is 16.7. The lowest BCUT2D eigenvalue weighted by atomic mass is 10.1. The molecule has 2 aromatic rings. The van der Waals surface area contributed by atoms with Gasteiger partial charge in [-0.05, 0) is 31.2 Å². The first-order chi connectivity index (χ1) is 11.1. The molecule has 0 aromatic heterocycles. The van der Waals surface area contributed by atoms with Gasteiger partial charge < -0.3 is 15.2 Å². The van der Waals surface area contributed by atoms with Crippen molar-refractivity contribution in [2.45, 2.75) is 19.6 Å². The quantitative estimate of drug-likeness (QED) is 0.857. The highest BCUT2D eigenvalue weighted by molar-refractivity contribution is 5.94. The van der Waals surface area contributed by atoms with Crippen LogP contribution in [-0.2, 0) is 6.61 Å². The zero-order valence-corrected chi connectivity index (χ0v) is 12.8. The SMILES string of the molecule is C[C@@H](O)CNC(=O)c1cccc(OCc2ccccc2C#N)c1. The molecule has 2 rings (SSSR count). The Morgan fingerprint density at radius 1 is 1.30 bits per heavy atom. The Hall–Kier alpha value is -2.84. The Bertz CT molecular complexity index is 720. The lowest BCUT2D eigenvalue weighted by Gasteiger charge is -2.10.